The van der Waals surface area contributed by atoms with E-state index in [-0.39, 0.29) is 5.91 Å². The minimum atomic E-state index is -0.402. The van der Waals surface area contributed by atoms with Crippen LogP contribution in [-0.4, -0.2) is 25.0 Å². The lowest BCUT2D eigenvalue weighted by Gasteiger charge is -2.11. The quantitative estimate of drug-likeness (QED) is 0.844. The van der Waals surface area contributed by atoms with Crippen LogP contribution in [0, 0.1) is 5.92 Å². The Hall–Kier alpha value is -2.04. The van der Waals surface area contributed by atoms with Crippen molar-refractivity contribution in [2.24, 2.45) is 10.9 Å². The molecule has 1 aromatic carbocycles. The van der Waals surface area contributed by atoms with Gasteiger partial charge >= 0.3 is 0 Å². The molecule has 0 aliphatic carbocycles. The zero-order valence-electron chi connectivity index (χ0n) is 12.8. The van der Waals surface area contributed by atoms with Crippen LogP contribution in [-0.2, 0) is 4.79 Å². The first-order chi connectivity index (χ1) is 10.1. The highest BCUT2D eigenvalue weighted by Gasteiger charge is 2.29. The lowest BCUT2D eigenvalue weighted by molar-refractivity contribution is -0.120. The van der Waals surface area contributed by atoms with E-state index in [9.17, 15) is 4.79 Å². The predicted molar refractivity (Wildman–Crippen MR) is 83.4 cm³/mol. The van der Waals surface area contributed by atoms with Crippen LogP contribution in [0.4, 0.5) is 0 Å². The number of guanidine groups is 1. The number of hydrogen-bond donors (Lipinski definition) is 2. The number of ether oxygens (including phenoxy) is 1. The molecule has 0 bridgehead atoms. The Kier molecular flexibility index (Phi) is 5.20. The smallest absolute Gasteiger partial charge is 0.253 e. The van der Waals surface area contributed by atoms with Crippen molar-refractivity contribution in [1.29, 1.82) is 0 Å². The van der Waals surface area contributed by atoms with Crippen LogP contribution in [0.15, 0.2) is 29.3 Å². The highest BCUT2D eigenvalue weighted by molar-refractivity contribution is 6.06. The van der Waals surface area contributed by atoms with Gasteiger partial charge in [0.05, 0.1) is 6.61 Å². The molecule has 0 aromatic heterocycles. The fourth-order valence-corrected chi connectivity index (χ4v) is 2.02. The molecule has 5 heteroatoms. The van der Waals surface area contributed by atoms with E-state index in [4.69, 9.17) is 4.74 Å². The van der Waals surface area contributed by atoms with Crippen molar-refractivity contribution in [3.05, 3.63) is 29.8 Å². The van der Waals surface area contributed by atoms with Gasteiger partial charge in [-0.2, -0.15) is 0 Å². The topological polar surface area (TPSA) is 62.7 Å². The SMILES string of the molecule is CCCOc1cccc(C2NC(=NCC(C)C)NC2=O)c1. The largest absolute Gasteiger partial charge is 0.494 e. The molecule has 1 aliphatic rings. The van der Waals surface area contributed by atoms with Crippen LogP contribution in [0.2, 0.25) is 0 Å². The molecular weight excluding hydrogens is 266 g/mol. The normalized spacial score (nSPS) is 19.7. The number of nitrogens with zero attached hydrogens (tertiary/aromatic N) is 1. The summed E-state index contributed by atoms with van der Waals surface area (Å²) in [6.45, 7) is 7.61. The molecule has 2 rings (SSSR count). The molecule has 0 radical (unpaired) electrons. The Bertz CT molecular complexity index is 526. The minimum Gasteiger partial charge on any atom is -0.494 e. The third kappa shape index (κ3) is 4.21. The van der Waals surface area contributed by atoms with Gasteiger partial charge in [-0.15, -0.1) is 0 Å². The van der Waals surface area contributed by atoms with Gasteiger partial charge in [-0.3, -0.25) is 15.1 Å². The molecule has 2 N–H and O–H groups in total. The number of benzene rings is 1. The summed E-state index contributed by atoms with van der Waals surface area (Å²) < 4.78 is 5.61. The van der Waals surface area contributed by atoms with Gasteiger partial charge in [0.15, 0.2) is 5.96 Å². The van der Waals surface area contributed by atoms with Crippen LogP contribution >= 0.6 is 0 Å². The monoisotopic (exact) mass is 289 g/mol. The highest BCUT2D eigenvalue weighted by Crippen LogP contribution is 2.21. The molecule has 1 aliphatic heterocycles. The molecule has 1 saturated heterocycles. The molecule has 1 unspecified atom stereocenters. The molecular formula is C16H23N3O2. The number of carbonyl (C=O) groups is 1. The molecule has 0 saturated carbocycles. The molecule has 1 heterocycles. The van der Waals surface area contributed by atoms with Crippen molar-refractivity contribution in [3.8, 4) is 5.75 Å². The third-order valence-electron chi connectivity index (χ3n) is 3.06. The van der Waals surface area contributed by atoms with Crippen molar-refractivity contribution >= 4 is 11.9 Å². The van der Waals surface area contributed by atoms with Gasteiger partial charge in [-0.25, -0.2) is 0 Å². The third-order valence-corrected chi connectivity index (χ3v) is 3.06. The number of nitrogens with one attached hydrogen (secondary N) is 2. The lowest BCUT2D eigenvalue weighted by atomic mass is 10.1. The standard InChI is InChI=1S/C16H23N3O2/c1-4-8-21-13-7-5-6-12(9-13)14-15(20)19-16(18-14)17-10-11(2)3/h5-7,9,11,14H,4,8,10H2,1-3H3,(H2,17,18,19,20). The van der Waals surface area contributed by atoms with Crippen LogP contribution in [0.5, 0.6) is 5.75 Å². The van der Waals surface area contributed by atoms with Crippen LogP contribution in [0.3, 0.4) is 0 Å². The Morgan fingerprint density at radius 1 is 1.38 bits per heavy atom. The summed E-state index contributed by atoms with van der Waals surface area (Å²) in [7, 11) is 0. The van der Waals surface area contributed by atoms with Gasteiger partial charge in [0.25, 0.3) is 5.91 Å². The molecule has 1 amide bonds. The Labute approximate surface area is 125 Å². The summed E-state index contributed by atoms with van der Waals surface area (Å²) in [6.07, 6.45) is 0.957. The first-order valence-corrected chi connectivity index (χ1v) is 7.44. The summed E-state index contributed by atoms with van der Waals surface area (Å²) in [6, 6.07) is 7.22. The highest BCUT2D eigenvalue weighted by atomic mass is 16.5. The Morgan fingerprint density at radius 3 is 2.90 bits per heavy atom. The van der Waals surface area contributed by atoms with Crippen LogP contribution < -0.4 is 15.4 Å². The lowest BCUT2D eigenvalue weighted by Crippen LogP contribution is -2.26. The van der Waals surface area contributed by atoms with Gasteiger partial charge in [0, 0.05) is 6.54 Å². The number of aliphatic imine (C=N–C) groups is 1. The van der Waals surface area contributed by atoms with E-state index < -0.39 is 6.04 Å². The van der Waals surface area contributed by atoms with Gasteiger partial charge < -0.3 is 10.1 Å². The van der Waals surface area contributed by atoms with Crippen LogP contribution in [0.25, 0.3) is 0 Å². The molecule has 114 valence electrons. The van der Waals surface area contributed by atoms with E-state index in [1.165, 1.54) is 0 Å². The summed E-state index contributed by atoms with van der Waals surface area (Å²) in [4.78, 5) is 16.4. The fraction of sp³-hybridized carbons (Fsp3) is 0.500. The second-order valence-corrected chi connectivity index (χ2v) is 5.57. The van der Waals surface area contributed by atoms with Gasteiger partial charge in [-0.1, -0.05) is 32.9 Å². The molecule has 1 fully saturated rings. The maximum Gasteiger partial charge on any atom is 0.253 e. The van der Waals surface area contributed by atoms with E-state index in [2.05, 4.69) is 36.4 Å². The van der Waals surface area contributed by atoms with Crippen molar-refractivity contribution < 1.29 is 9.53 Å². The van der Waals surface area contributed by atoms with Gasteiger partial charge in [0.1, 0.15) is 11.8 Å². The van der Waals surface area contributed by atoms with Crippen LogP contribution in [0.1, 0.15) is 38.8 Å². The second kappa shape index (κ2) is 7.11. The van der Waals surface area contributed by atoms with E-state index >= 15 is 0 Å². The number of carbonyl (C=O) groups excluding carboxylic acids is 1. The molecule has 0 spiro atoms. The Balaban J connectivity index is 2.08. The molecule has 21 heavy (non-hydrogen) atoms. The fourth-order valence-electron chi connectivity index (χ4n) is 2.02. The summed E-state index contributed by atoms with van der Waals surface area (Å²) in [5.41, 5.74) is 0.885. The van der Waals surface area contributed by atoms with E-state index in [0.29, 0.717) is 25.0 Å². The van der Waals surface area contributed by atoms with Gasteiger partial charge in [-0.05, 0) is 30.0 Å². The summed E-state index contributed by atoms with van der Waals surface area (Å²) in [5, 5.41) is 5.91. The number of hydrogen-bond acceptors (Lipinski definition) is 3. The van der Waals surface area contributed by atoms with Crippen molar-refractivity contribution in [2.75, 3.05) is 13.2 Å². The molecule has 1 atom stereocenters. The average Bonchev–Trinajstić information content (AvgIpc) is 2.84. The molecule has 5 nitrogen and oxygen atoms in total. The predicted octanol–water partition coefficient (Wildman–Crippen LogP) is 2.25. The number of rotatable bonds is 6. The van der Waals surface area contributed by atoms with E-state index in [0.717, 1.165) is 17.7 Å². The second-order valence-electron chi connectivity index (χ2n) is 5.57. The minimum absolute atomic E-state index is 0.0786. The van der Waals surface area contributed by atoms with Crippen molar-refractivity contribution in [2.45, 2.75) is 33.2 Å². The summed E-state index contributed by atoms with van der Waals surface area (Å²) in [5.74, 6) is 1.72. The number of amides is 1. The van der Waals surface area contributed by atoms with E-state index in [1.54, 1.807) is 0 Å². The summed E-state index contributed by atoms with van der Waals surface area (Å²) >= 11 is 0. The first-order valence-electron chi connectivity index (χ1n) is 7.44. The Morgan fingerprint density at radius 2 is 2.19 bits per heavy atom. The molecule has 1 aromatic rings. The maximum atomic E-state index is 12.1. The van der Waals surface area contributed by atoms with Gasteiger partial charge in [0.2, 0.25) is 0 Å². The first kappa shape index (κ1) is 15.4. The van der Waals surface area contributed by atoms with E-state index in [1.807, 2.05) is 24.3 Å². The zero-order chi connectivity index (χ0) is 15.2. The van der Waals surface area contributed by atoms with Crippen molar-refractivity contribution in [3.63, 3.8) is 0 Å². The van der Waals surface area contributed by atoms with Crippen molar-refractivity contribution in [1.82, 2.24) is 10.6 Å². The average molecular weight is 289 g/mol. The zero-order valence-corrected chi connectivity index (χ0v) is 12.8. The maximum absolute atomic E-state index is 12.1.